The Balaban J connectivity index is 0.000000142. The smallest absolute Gasteiger partial charge is 0.275 e. The molecule has 10 rings (SSSR count). The van der Waals surface area contributed by atoms with Crippen molar-refractivity contribution < 1.29 is 19.2 Å². The zero-order valence-electron chi connectivity index (χ0n) is 28.3. The number of para-hydroxylation sites is 2. The Labute approximate surface area is 316 Å². The third kappa shape index (κ3) is 6.75. The van der Waals surface area contributed by atoms with E-state index in [-0.39, 0.29) is 35.6 Å². The highest BCUT2D eigenvalue weighted by atomic mass is 32.1. The van der Waals surface area contributed by atoms with Crippen molar-refractivity contribution in [2.24, 2.45) is 16.1 Å². The predicted molar refractivity (Wildman–Crippen MR) is 208 cm³/mol. The quantitative estimate of drug-likeness (QED) is 0.149. The second kappa shape index (κ2) is 13.8. The fraction of sp³-hybridized carbons (Fsp3) is 0.158. The van der Waals surface area contributed by atoms with Crippen molar-refractivity contribution in [2.75, 3.05) is 16.0 Å². The van der Waals surface area contributed by atoms with Gasteiger partial charge in [0.15, 0.2) is 0 Å². The lowest BCUT2D eigenvalue weighted by Gasteiger charge is -2.17. The van der Waals surface area contributed by atoms with Crippen LogP contribution < -0.4 is 32.1 Å². The number of rotatable bonds is 6. The van der Waals surface area contributed by atoms with E-state index in [0.717, 1.165) is 48.2 Å². The maximum absolute atomic E-state index is 12.4. The van der Waals surface area contributed by atoms with Crippen molar-refractivity contribution in [3.8, 4) is 0 Å². The first-order chi connectivity index (χ1) is 26.4. The average molecular weight is 755 g/mol. The molecule has 4 aromatic rings. The maximum atomic E-state index is 12.4. The minimum Gasteiger partial charge on any atom is -0.354 e. The van der Waals surface area contributed by atoms with E-state index in [0.29, 0.717) is 53.9 Å². The van der Waals surface area contributed by atoms with Crippen LogP contribution in [0.3, 0.4) is 0 Å². The fourth-order valence-corrected chi connectivity index (χ4v) is 7.60. The Morgan fingerprint density at radius 1 is 0.685 bits per heavy atom. The summed E-state index contributed by atoms with van der Waals surface area (Å²) in [6.45, 7) is 0. The van der Waals surface area contributed by atoms with E-state index in [1.54, 1.807) is 6.20 Å². The van der Waals surface area contributed by atoms with E-state index < -0.39 is 0 Å². The van der Waals surface area contributed by atoms with Crippen LogP contribution in [0.2, 0.25) is 0 Å². The Morgan fingerprint density at radius 3 is 1.81 bits per heavy atom. The van der Waals surface area contributed by atoms with Gasteiger partial charge in [0.25, 0.3) is 17.7 Å². The Hall–Kier alpha value is -6.52. The number of hydrogen-bond donors (Lipinski definition) is 6. The summed E-state index contributed by atoms with van der Waals surface area (Å²) in [5.74, 6) is -0.555. The van der Waals surface area contributed by atoms with Gasteiger partial charge in [0.2, 0.25) is 5.91 Å². The summed E-state index contributed by atoms with van der Waals surface area (Å²) in [5, 5.41) is 22.5. The van der Waals surface area contributed by atoms with Gasteiger partial charge < -0.3 is 21.3 Å². The molecule has 2 saturated carbocycles. The molecule has 6 heterocycles. The number of carbonyl (C=O) groups is 4. The molecular formula is C38H30N10O4S2. The summed E-state index contributed by atoms with van der Waals surface area (Å²) in [4.78, 5) is 58.1. The van der Waals surface area contributed by atoms with Gasteiger partial charge >= 0.3 is 0 Å². The molecule has 6 aliphatic rings. The van der Waals surface area contributed by atoms with Crippen LogP contribution in [-0.4, -0.2) is 51.1 Å². The molecule has 6 N–H and O–H groups in total. The Bertz CT molecular complexity index is 2460. The Morgan fingerprint density at radius 2 is 1.24 bits per heavy atom. The summed E-state index contributed by atoms with van der Waals surface area (Å²) < 4.78 is 0. The van der Waals surface area contributed by atoms with E-state index >= 15 is 0 Å². The molecule has 2 fully saturated rings. The average Bonchev–Trinajstić information content (AvgIpc) is 4.00. The molecule has 16 heteroatoms. The molecule has 2 aromatic carbocycles. The molecule has 0 unspecified atom stereocenters. The molecule has 2 aliphatic carbocycles. The summed E-state index contributed by atoms with van der Waals surface area (Å²) >= 11 is 2.54. The van der Waals surface area contributed by atoms with Gasteiger partial charge in [-0.3, -0.25) is 19.2 Å². The van der Waals surface area contributed by atoms with Crippen LogP contribution in [0.25, 0.3) is 12.2 Å². The fourth-order valence-electron chi connectivity index (χ4n) is 5.97. The molecule has 0 atom stereocenters. The monoisotopic (exact) mass is 754 g/mol. The first-order valence-corrected chi connectivity index (χ1v) is 18.9. The summed E-state index contributed by atoms with van der Waals surface area (Å²) in [6.07, 6.45) is 14.7. The second-order valence-corrected chi connectivity index (χ2v) is 15.1. The molecule has 0 bridgehead atoms. The third-order valence-electron chi connectivity index (χ3n) is 9.07. The Kier molecular flexibility index (Phi) is 8.51. The predicted octanol–water partition coefficient (Wildman–Crippen LogP) is 4.98. The number of carbonyl (C=O) groups excluding carboxylic acids is 4. The van der Waals surface area contributed by atoms with Crippen LogP contribution in [0, 0.1) is 5.92 Å². The van der Waals surface area contributed by atoms with Gasteiger partial charge in [-0.15, -0.1) is 11.3 Å². The number of amides is 4. The summed E-state index contributed by atoms with van der Waals surface area (Å²) in [7, 11) is 0. The van der Waals surface area contributed by atoms with Gasteiger partial charge in [0.05, 0.1) is 34.9 Å². The van der Waals surface area contributed by atoms with Crippen molar-refractivity contribution in [2.45, 2.75) is 31.7 Å². The van der Waals surface area contributed by atoms with Gasteiger partial charge in [-0.2, -0.15) is 10.2 Å². The number of nitrogens with one attached hydrogen (secondary N) is 6. The number of benzene rings is 2. The topological polar surface area (TPSA) is 191 Å². The van der Waals surface area contributed by atoms with Gasteiger partial charge in [-0.25, -0.2) is 20.8 Å². The molecule has 0 saturated heterocycles. The highest BCUT2D eigenvalue weighted by Crippen LogP contribution is 2.34. The lowest BCUT2D eigenvalue weighted by Crippen LogP contribution is -2.24. The van der Waals surface area contributed by atoms with E-state index in [9.17, 15) is 19.2 Å². The number of fused-ring (bicyclic) bond motifs is 2. The molecule has 0 radical (unpaired) electrons. The molecule has 14 nitrogen and oxygen atoms in total. The first kappa shape index (κ1) is 33.3. The van der Waals surface area contributed by atoms with Crippen LogP contribution >= 0.6 is 22.7 Å². The van der Waals surface area contributed by atoms with E-state index in [1.165, 1.54) is 28.9 Å². The number of allylic oxidation sites excluding steroid dienone is 2. The summed E-state index contributed by atoms with van der Waals surface area (Å²) in [6, 6.07) is 16.0. The minimum atomic E-state index is -0.296. The van der Waals surface area contributed by atoms with E-state index in [1.807, 2.05) is 72.8 Å². The summed E-state index contributed by atoms with van der Waals surface area (Å²) in [5.41, 5.74) is 12.1. The third-order valence-corrected chi connectivity index (χ3v) is 11.0. The van der Waals surface area contributed by atoms with Crippen LogP contribution in [-0.2, 0) is 14.4 Å². The number of aromatic nitrogens is 2. The van der Waals surface area contributed by atoms with Gasteiger partial charge in [-0.1, -0.05) is 59.9 Å². The molecule has 2 aromatic heterocycles. The second-order valence-electron chi connectivity index (χ2n) is 13.0. The lowest BCUT2D eigenvalue weighted by atomic mass is 10.0. The van der Waals surface area contributed by atoms with E-state index in [4.69, 9.17) is 0 Å². The van der Waals surface area contributed by atoms with Crippen molar-refractivity contribution in [1.82, 2.24) is 26.1 Å². The number of nitrogens with zero attached hydrogens (tertiary/aromatic N) is 4. The van der Waals surface area contributed by atoms with Crippen molar-refractivity contribution >= 4 is 86.3 Å². The van der Waals surface area contributed by atoms with Crippen molar-refractivity contribution in [1.29, 1.82) is 0 Å². The zero-order chi connectivity index (χ0) is 36.8. The highest BCUT2D eigenvalue weighted by molar-refractivity contribution is 7.18. The van der Waals surface area contributed by atoms with Gasteiger partial charge in [0.1, 0.15) is 31.3 Å². The van der Waals surface area contributed by atoms with Crippen molar-refractivity contribution in [3.63, 3.8) is 0 Å². The number of hydrazone groups is 2. The van der Waals surface area contributed by atoms with Crippen LogP contribution in [0.1, 0.15) is 56.5 Å². The largest absolute Gasteiger partial charge is 0.354 e. The molecule has 54 heavy (non-hydrogen) atoms. The molecular weight excluding hydrogens is 725 g/mol. The standard InChI is InChI=1S/2C19H15N5O2S/c25-17(21-11-6-7-11)14-9-20-19(27-14)16-15(18(26)24-23-16)13-8-5-10-3-1-2-4-12(10)22-13;25-17(11-5-6-11)22-14-9-20-19(27-14)16-15(18(26)24-23-16)13-8-7-10-3-1-2-4-12(10)21-13/h1-5,8-9,11,22H,6-7H2,(H,21,25)(H,24,26);1-4,7-9,11,21H,5-6H2,(H,22,25)(H,24,26)/b2*15-13-. The van der Waals surface area contributed by atoms with Crippen LogP contribution in [0.15, 0.2) is 106 Å². The zero-order valence-corrected chi connectivity index (χ0v) is 29.9. The van der Waals surface area contributed by atoms with Crippen molar-refractivity contribution in [3.05, 3.63) is 122 Å². The van der Waals surface area contributed by atoms with Crippen LogP contribution in [0.4, 0.5) is 16.4 Å². The SMILES string of the molecule is O=C1NN=C(c2ncc(C(=O)NC3CC3)s2)/C1=C1\C=Cc2ccccc2N1.O=C1NN=C(c2ncc(NC(=O)C3CC3)s2)/C1=C1\C=Cc2ccccc2N1. The highest BCUT2D eigenvalue weighted by Gasteiger charge is 2.33. The van der Waals surface area contributed by atoms with E-state index in [2.05, 4.69) is 52.3 Å². The molecule has 268 valence electrons. The molecule has 4 amide bonds. The number of thiazole rings is 2. The normalized spacial score (nSPS) is 20.6. The minimum absolute atomic E-state index is 0.0276. The number of anilines is 3. The first-order valence-electron chi connectivity index (χ1n) is 17.3. The van der Waals surface area contributed by atoms with Gasteiger partial charge in [-0.05, 0) is 61.1 Å². The van der Waals surface area contributed by atoms with Gasteiger partial charge in [0, 0.05) is 23.3 Å². The van der Waals surface area contributed by atoms with Crippen LogP contribution in [0.5, 0.6) is 0 Å². The number of hydrogen-bond acceptors (Lipinski definition) is 12. The maximum Gasteiger partial charge on any atom is 0.275 e. The lowest BCUT2D eigenvalue weighted by molar-refractivity contribution is -0.117. The molecule has 0 spiro atoms. The molecule has 4 aliphatic heterocycles.